The van der Waals surface area contributed by atoms with E-state index in [-0.39, 0.29) is 5.91 Å². The van der Waals surface area contributed by atoms with Crippen molar-refractivity contribution in [1.29, 1.82) is 0 Å². The van der Waals surface area contributed by atoms with Gasteiger partial charge in [-0.1, -0.05) is 18.9 Å². The van der Waals surface area contributed by atoms with E-state index >= 15 is 0 Å². The molecule has 0 atom stereocenters. The summed E-state index contributed by atoms with van der Waals surface area (Å²) in [5.41, 5.74) is 1.65. The van der Waals surface area contributed by atoms with Gasteiger partial charge in [0, 0.05) is 18.0 Å². The summed E-state index contributed by atoms with van der Waals surface area (Å²) in [6.45, 7) is 0. The van der Waals surface area contributed by atoms with E-state index in [4.69, 9.17) is 0 Å². The number of nitrogens with one attached hydrogen (secondary N) is 1. The van der Waals surface area contributed by atoms with Crippen LogP contribution < -0.4 is 5.32 Å². The van der Waals surface area contributed by atoms with Gasteiger partial charge < -0.3 is 5.32 Å². The molecule has 2 aromatic rings. The van der Waals surface area contributed by atoms with E-state index in [1.807, 2.05) is 23.6 Å². The number of rotatable bonds is 4. The Hall–Kier alpha value is -1.75. The van der Waals surface area contributed by atoms with Crippen molar-refractivity contribution < 1.29 is 4.79 Å². The number of thiazole rings is 1. The van der Waals surface area contributed by atoms with Crippen LogP contribution >= 0.6 is 11.3 Å². The smallest absolute Gasteiger partial charge is 0.226 e. The van der Waals surface area contributed by atoms with Crippen LogP contribution in [0.25, 0.3) is 11.4 Å². The quantitative estimate of drug-likeness (QED) is 0.932. The highest BCUT2D eigenvalue weighted by atomic mass is 32.1. The molecule has 0 saturated heterocycles. The minimum absolute atomic E-state index is 0.0822. The third-order valence-electron chi connectivity index (χ3n) is 3.63. The van der Waals surface area contributed by atoms with Crippen molar-refractivity contribution in [2.24, 2.45) is 5.92 Å². The first-order chi connectivity index (χ1) is 9.81. The van der Waals surface area contributed by atoms with Gasteiger partial charge in [-0.3, -0.25) is 9.78 Å². The Labute approximate surface area is 122 Å². The molecule has 1 fully saturated rings. The van der Waals surface area contributed by atoms with Crippen LogP contribution in [0.2, 0.25) is 0 Å². The molecule has 0 bridgehead atoms. The monoisotopic (exact) mass is 287 g/mol. The highest BCUT2D eigenvalue weighted by Gasteiger charge is 2.19. The van der Waals surface area contributed by atoms with Crippen LogP contribution in [0.4, 0.5) is 5.13 Å². The topological polar surface area (TPSA) is 54.9 Å². The molecular formula is C15H17N3OS. The van der Waals surface area contributed by atoms with E-state index in [0.29, 0.717) is 17.5 Å². The summed E-state index contributed by atoms with van der Waals surface area (Å²) in [6.07, 6.45) is 7.26. The number of carbonyl (C=O) groups is 1. The van der Waals surface area contributed by atoms with Crippen LogP contribution in [-0.4, -0.2) is 15.9 Å². The average Bonchev–Trinajstić information content (AvgIpc) is 3.11. The van der Waals surface area contributed by atoms with Crippen molar-refractivity contribution in [1.82, 2.24) is 9.97 Å². The van der Waals surface area contributed by atoms with Crippen molar-refractivity contribution in [3.8, 4) is 11.4 Å². The van der Waals surface area contributed by atoms with Gasteiger partial charge >= 0.3 is 0 Å². The molecule has 1 amide bonds. The Morgan fingerprint density at radius 1 is 1.30 bits per heavy atom. The number of nitrogens with zero attached hydrogens (tertiary/aromatic N) is 2. The summed E-state index contributed by atoms with van der Waals surface area (Å²) in [5, 5.41) is 5.48. The van der Waals surface area contributed by atoms with Gasteiger partial charge in [-0.15, -0.1) is 11.3 Å². The predicted octanol–water partition coefficient (Wildman–Crippen LogP) is 3.72. The highest BCUT2D eigenvalue weighted by molar-refractivity contribution is 7.14. The standard InChI is InChI=1S/C15H17N3OS/c19-14(9-11-5-1-2-6-11)18-15-17-13(10-20-15)12-7-3-4-8-16-12/h3-4,7-8,10-11H,1-2,5-6,9H2,(H,17,18,19). The number of anilines is 1. The van der Waals surface area contributed by atoms with Gasteiger partial charge in [0.1, 0.15) is 5.69 Å². The molecule has 1 aliphatic carbocycles. The van der Waals surface area contributed by atoms with Crippen LogP contribution in [0.15, 0.2) is 29.8 Å². The van der Waals surface area contributed by atoms with Gasteiger partial charge in [0.25, 0.3) is 0 Å². The van der Waals surface area contributed by atoms with Gasteiger partial charge in [-0.05, 0) is 30.9 Å². The fraction of sp³-hybridized carbons (Fsp3) is 0.400. The molecule has 4 nitrogen and oxygen atoms in total. The zero-order valence-electron chi connectivity index (χ0n) is 11.2. The Kier molecular flexibility index (Phi) is 4.06. The first-order valence-corrected chi connectivity index (χ1v) is 7.86. The van der Waals surface area contributed by atoms with Gasteiger partial charge in [-0.2, -0.15) is 0 Å². The summed E-state index contributed by atoms with van der Waals surface area (Å²) in [6, 6.07) is 5.72. The second-order valence-corrected chi connectivity index (χ2v) is 6.01. The lowest BCUT2D eigenvalue weighted by molar-refractivity contribution is -0.117. The number of hydrogen-bond donors (Lipinski definition) is 1. The van der Waals surface area contributed by atoms with E-state index in [2.05, 4.69) is 15.3 Å². The molecule has 2 aromatic heterocycles. The lowest BCUT2D eigenvalue weighted by atomic mass is 10.0. The molecule has 1 aliphatic rings. The molecule has 5 heteroatoms. The highest BCUT2D eigenvalue weighted by Crippen LogP contribution is 2.28. The van der Waals surface area contributed by atoms with Crippen LogP contribution in [0.3, 0.4) is 0 Å². The van der Waals surface area contributed by atoms with Crippen molar-refractivity contribution in [2.45, 2.75) is 32.1 Å². The summed E-state index contributed by atoms with van der Waals surface area (Å²) in [5.74, 6) is 0.643. The molecule has 1 N–H and O–H groups in total. The number of carbonyl (C=O) groups excluding carboxylic acids is 1. The summed E-state index contributed by atoms with van der Waals surface area (Å²) in [4.78, 5) is 20.6. The fourth-order valence-corrected chi connectivity index (χ4v) is 3.33. The lowest BCUT2D eigenvalue weighted by Crippen LogP contribution is -2.14. The molecule has 2 heterocycles. The third-order valence-corrected chi connectivity index (χ3v) is 4.38. The molecule has 0 aliphatic heterocycles. The predicted molar refractivity (Wildman–Crippen MR) is 80.5 cm³/mol. The average molecular weight is 287 g/mol. The molecule has 20 heavy (non-hydrogen) atoms. The van der Waals surface area contributed by atoms with Crippen LogP contribution in [0.1, 0.15) is 32.1 Å². The molecule has 0 spiro atoms. The van der Waals surface area contributed by atoms with Gasteiger partial charge in [0.05, 0.1) is 5.69 Å². The van der Waals surface area contributed by atoms with E-state index in [9.17, 15) is 4.79 Å². The van der Waals surface area contributed by atoms with Crippen molar-refractivity contribution in [3.05, 3.63) is 29.8 Å². The van der Waals surface area contributed by atoms with Crippen molar-refractivity contribution in [3.63, 3.8) is 0 Å². The molecule has 104 valence electrons. The number of aromatic nitrogens is 2. The van der Waals surface area contributed by atoms with Crippen molar-refractivity contribution in [2.75, 3.05) is 5.32 Å². The molecule has 1 saturated carbocycles. The largest absolute Gasteiger partial charge is 0.302 e. The Bertz CT molecular complexity index is 576. The maximum Gasteiger partial charge on any atom is 0.226 e. The van der Waals surface area contributed by atoms with Crippen LogP contribution in [0, 0.1) is 5.92 Å². The molecule has 0 unspecified atom stereocenters. The Balaban J connectivity index is 1.61. The molecule has 0 radical (unpaired) electrons. The zero-order chi connectivity index (χ0) is 13.8. The number of amides is 1. The lowest BCUT2D eigenvalue weighted by Gasteiger charge is -2.07. The zero-order valence-corrected chi connectivity index (χ0v) is 12.0. The third kappa shape index (κ3) is 3.22. The minimum Gasteiger partial charge on any atom is -0.302 e. The Morgan fingerprint density at radius 3 is 2.90 bits per heavy atom. The van der Waals surface area contributed by atoms with Gasteiger partial charge in [0.15, 0.2) is 5.13 Å². The SMILES string of the molecule is O=C(CC1CCCC1)Nc1nc(-c2ccccn2)cs1. The summed E-state index contributed by atoms with van der Waals surface area (Å²) >= 11 is 1.45. The van der Waals surface area contributed by atoms with Gasteiger partial charge in [-0.25, -0.2) is 4.98 Å². The maximum absolute atomic E-state index is 12.0. The van der Waals surface area contributed by atoms with E-state index in [0.717, 1.165) is 11.4 Å². The summed E-state index contributed by atoms with van der Waals surface area (Å²) < 4.78 is 0. The molecule has 3 rings (SSSR count). The van der Waals surface area contributed by atoms with Crippen molar-refractivity contribution >= 4 is 22.4 Å². The van der Waals surface area contributed by atoms with E-state index in [1.54, 1.807) is 6.20 Å². The van der Waals surface area contributed by atoms with E-state index < -0.39 is 0 Å². The second-order valence-electron chi connectivity index (χ2n) is 5.16. The van der Waals surface area contributed by atoms with E-state index in [1.165, 1.54) is 37.0 Å². The maximum atomic E-state index is 12.0. The van der Waals surface area contributed by atoms with Crippen LogP contribution in [0.5, 0.6) is 0 Å². The Morgan fingerprint density at radius 2 is 2.15 bits per heavy atom. The minimum atomic E-state index is 0.0822. The molecule has 0 aromatic carbocycles. The number of hydrogen-bond acceptors (Lipinski definition) is 4. The summed E-state index contributed by atoms with van der Waals surface area (Å²) in [7, 11) is 0. The second kappa shape index (κ2) is 6.13. The first-order valence-electron chi connectivity index (χ1n) is 6.98. The normalized spacial score (nSPS) is 15.4. The first kappa shape index (κ1) is 13.2. The number of pyridine rings is 1. The fourth-order valence-electron chi connectivity index (χ4n) is 2.61. The van der Waals surface area contributed by atoms with Gasteiger partial charge in [0.2, 0.25) is 5.91 Å². The molecular weight excluding hydrogens is 270 g/mol. The van der Waals surface area contributed by atoms with Crippen LogP contribution in [-0.2, 0) is 4.79 Å².